The third-order valence-corrected chi connectivity index (χ3v) is 2.91. The standard InChI is InChI=1S/C13H14N4O10S/c14-7-1-2-10(9(3-7)13(19)24-6-11(15)28)26-12(18)4-8(27-17(22)23)5-25-16(20)21/h1-3,8H,4-6,14H2,(H2,15,28). The Morgan fingerprint density at radius 3 is 2.46 bits per heavy atom. The van der Waals surface area contributed by atoms with Gasteiger partial charge in [0.2, 0.25) is 0 Å². The van der Waals surface area contributed by atoms with Crippen molar-refractivity contribution in [3.8, 4) is 5.75 Å². The molecule has 0 fully saturated rings. The van der Waals surface area contributed by atoms with Gasteiger partial charge in [0.1, 0.15) is 35.6 Å². The fourth-order valence-electron chi connectivity index (χ4n) is 1.75. The maximum absolute atomic E-state index is 12.1. The molecule has 0 aliphatic heterocycles. The molecule has 14 nitrogen and oxygen atoms in total. The van der Waals surface area contributed by atoms with Crippen LogP contribution in [0.2, 0.25) is 0 Å². The van der Waals surface area contributed by atoms with Gasteiger partial charge in [-0.25, -0.2) is 4.79 Å². The fraction of sp³-hybridized carbons (Fsp3) is 0.308. The number of nitrogens with two attached hydrogens (primary N) is 2. The lowest BCUT2D eigenvalue weighted by molar-refractivity contribution is -0.789. The average Bonchev–Trinajstić information content (AvgIpc) is 2.58. The predicted molar refractivity (Wildman–Crippen MR) is 93.0 cm³/mol. The SMILES string of the molecule is NC(=S)COC(=O)c1cc(N)ccc1OC(=O)CC(CO[N+](=O)[O-])O[N+](=O)[O-]. The van der Waals surface area contributed by atoms with Gasteiger partial charge >= 0.3 is 11.9 Å². The third kappa shape index (κ3) is 8.09. The summed E-state index contributed by atoms with van der Waals surface area (Å²) < 4.78 is 9.76. The molecule has 1 atom stereocenters. The molecule has 0 aliphatic carbocycles. The molecule has 0 aromatic heterocycles. The van der Waals surface area contributed by atoms with Gasteiger partial charge in [-0.05, 0) is 18.2 Å². The summed E-state index contributed by atoms with van der Waals surface area (Å²) in [6, 6.07) is 3.65. The van der Waals surface area contributed by atoms with Gasteiger partial charge in [-0.1, -0.05) is 12.2 Å². The van der Waals surface area contributed by atoms with Crippen LogP contribution < -0.4 is 16.2 Å². The first-order valence-electron chi connectivity index (χ1n) is 7.22. The lowest BCUT2D eigenvalue weighted by Crippen LogP contribution is -2.29. The van der Waals surface area contributed by atoms with Gasteiger partial charge in [-0.15, -0.1) is 20.2 Å². The highest BCUT2D eigenvalue weighted by Gasteiger charge is 2.23. The van der Waals surface area contributed by atoms with Crippen LogP contribution in [0.3, 0.4) is 0 Å². The zero-order chi connectivity index (χ0) is 21.3. The molecular weight excluding hydrogens is 404 g/mol. The Labute approximate surface area is 161 Å². The van der Waals surface area contributed by atoms with E-state index in [2.05, 4.69) is 21.9 Å². The van der Waals surface area contributed by atoms with Crippen molar-refractivity contribution < 1.29 is 38.9 Å². The normalized spacial score (nSPS) is 11.0. The molecule has 0 aliphatic rings. The van der Waals surface area contributed by atoms with E-state index in [4.69, 9.17) is 20.9 Å². The Morgan fingerprint density at radius 1 is 1.21 bits per heavy atom. The van der Waals surface area contributed by atoms with Crippen LogP contribution in [0.1, 0.15) is 16.8 Å². The molecule has 0 spiro atoms. The summed E-state index contributed by atoms with van der Waals surface area (Å²) >= 11 is 4.58. The average molecular weight is 418 g/mol. The minimum Gasteiger partial charge on any atom is -0.455 e. The number of benzene rings is 1. The molecule has 15 heteroatoms. The minimum atomic E-state index is -1.62. The summed E-state index contributed by atoms with van der Waals surface area (Å²) in [4.78, 5) is 52.6. The molecule has 0 amide bonds. The molecule has 28 heavy (non-hydrogen) atoms. The quantitative estimate of drug-likeness (QED) is 0.119. The van der Waals surface area contributed by atoms with Gasteiger partial charge in [0.05, 0.1) is 6.42 Å². The van der Waals surface area contributed by atoms with E-state index in [-0.39, 0.29) is 28.6 Å². The van der Waals surface area contributed by atoms with E-state index in [1.807, 2.05) is 0 Å². The number of anilines is 1. The van der Waals surface area contributed by atoms with E-state index in [0.717, 1.165) is 6.07 Å². The molecule has 0 radical (unpaired) electrons. The van der Waals surface area contributed by atoms with Crippen LogP contribution in [0, 0.1) is 20.2 Å². The third-order valence-electron chi connectivity index (χ3n) is 2.79. The van der Waals surface area contributed by atoms with Crippen LogP contribution >= 0.6 is 12.2 Å². The highest BCUT2D eigenvalue weighted by atomic mass is 32.1. The first kappa shape index (κ1) is 22.3. The molecule has 0 saturated carbocycles. The molecule has 4 N–H and O–H groups in total. The molecule has 1 aromatic carbocycles. The molecular formula is C13H14N4O10S. The maximum Gasteiger partial charge on any atom is 0.342 e. The largest absolute Gasteiger partial charge is 0.455 e. The molecule has 1 aromatic rings. The van der Waals surface area contributed by atoms with Gasteiger partial charge in [0.25, 0.3) is 10.2 Å². The zero-order valence-corrected chi connectivity index (χ0v) is 14.8. The summed E-state index contributed by atoms with van der Waals surface area (Å²) in [5.41, 5.74) is 10.7. The summed E-state index contributed by atoms with van der Waals surface area (Å²) in [5, 5.41) is 18.1. The topological polar surface area (TPSA) is 209 Å². The Bertz CT molecular complexity index is 787. The summed E-state index contributed by atoms with van der Waals surface area (Å²) in [6.45, 7) is -1.26. The van der Waals surface area contributed by atoms with Gasteiger partial charge in [-0.2, -0.15) is 0 Å². The Kier molecular flexibility index (Phi) is 8.29. The van der Waals surface area contributed by atoms with E-state index in [1.54, 1.807) is 0 Å². The number of nitrogens with zero attached hydrogens (tertiary/aromatic N) is 2. The number of hydrogen-bond acceptors (Lipinski definition) is 12. The number of carbonyl (C=O) groups is 2. The van der Waals surface area contributed by atoms with Crippen molar-refractivity contribution in [2.24, 2.45) is 5.73 Å². The second-order valence-electron chi connectivity index (χ2n) is 4.95. The lowest BCUT2D eigenvalue weighted by atomic mass is 10.1. The lowest BCUT2D eigenvalue weighted by Gasteiger charge is -2.14. The zero-order valence-electron chi connectivity index (χ0n) is 14.0. The van der Waals surface area contributed by atoms with Gasteiger partial charge in [-0.3, -0.25) is 4.79 Å². The second-order valence-corrected chi connectivity index (χ2v) is 5.47. The Morgan fingerprint density at radius 2 is 1.89 bits per heavy atom. The first-order valence-corrected chi connectivity index (χ1v) is 7.63. The highest BCUT2D eigenvalue weighted by Crippen LogP contribution is 2.23. The van der Waals surface area contributed by atoms with E-state index >= 15 is 0 Å². The number of ether oxygens (including phenoxy) is 2. The van der Waals surface area contributed by atoms with Crippen LogP contribution in [-0.2, 0) is 19.2 Å². The molecule has 0 bridgehead atoms. The van der Waals surface area contributed by atoms with Crippen LogP contribution in [0.4, 0.5) is 5.69 Å². The Balaban J connectivity index is 2.88. The van der Waals surface area contributed by atoms with Crippen molar-refractivity contribution in [1.82, 2.24) is 0 Å². The smallest absolute Gasteiger partial charge is 0.342 e. The number of hydrogen-bond donors (Lipinski definition) is 2. The highest BCUT2D eigenvalue weighted by molar-refractivity contribution is 7.80. The summed E-state index contributed by atoms with van der Waals surface area (Å²) in [7, 11) is 0. The van der Waals surface area contributed by atoms with E-state index in [0.29, 0.717) is 0 Å². The minimum absolute atomic E-state index is 0.0960. The van der Waals surface area contributed by atoms with Crippen LogP contribution in [0.15, 0.2) is 18.2 Å². The van der Waals surface area contributed by atoms with E-state index in [1.165, 1.54) is 12.1 Å². The van der Waals surface area contributed by atoms with Crippen LogP contribution in [-0.4, -0.2) is 46.4 Å². The van der Waals surface area contributed by atoms with Crippen molar-refractivity contribution in [3.05, 3.63) is 44.0 Å². The monoisotopic (exact) mass is 418 g/mol. The van der Waals surface area contributed by atoms with Crippen molar-refractivity contribution in [1.29, 1.82) is 0 Å². The fourth-order valence-corrected chi connectivity index (χ4v) is 1.81. The number of nitrogen functional groups attached to an aromatic ring is 1. The second kappa shape index (κ2) is 10.4. The molecule has 0 heterocycles. The van der Waals surface area contributed by atoms with Gasteiger partial charge in [0, 0.05) is 5.69 Å². The molecule has 1 rings (SSSR count). The molecule has 0 saturated heterocycles. The van der Waals surface area contributed by atoms with Crippen molar-refractivity contribution in [3.63, 3.8) is 0 Å². The van der Waals surface area contributed by atoms with Crippen molar-refractivity contribution in [2.75, 3.05) is 18.9 Å². The van der Waals surface area contributed by atoms with Crippen LogP contribution in [0.25, 0.3) is 0 Å². The number of rotatable bonds is 11. The maximum atomic E-state index is 12.1. The number of thiocarbonyl (C=S) groups is 1. The molecule has 152 valence electrons. The van der Waals surface area contributed by atoms with E-state index in [9.17, 15) is 29.8 Å². The van der Waals surface area contributed by atoms with Gasteiger partial charge in [0.15, 0.2) is 0 Å². The predicted octanol–water partition coefficient (Wildman–Crippen LogP) is -0.208. The van der Waals surface area contributed by atoms with E-state index < -0.39 is 41.2 Å². The Hall–Kier alpha value is -3.75. The van der Waals surface area contributed by atoms with Crippen LogP contribution in [0.5, 0.6) is 5.75 Å². The summed E-state index contributed by atoms with van der Waals surface area (Å²) in [5.74, 6) is -2.33. The van der Waals surface area contributed by atoms with Gasteiger partial charge < -0.3 is 30.6 Å². The number of esters is 2. The van der Waals surface area contributed by atoms with Crippen molar-refractivity contribution in [2.45, 2.75) is 12.5 Å². The molecule has 1 unspecified atom stereocenters. The van der Waals surface area contributed by atoms with Crippen molar-refractivity contribution >= 4 is 34.8 Å². The first-order chi connectivity index (χ1) is 13.1. The number of carbonyl (C=O) groups excluding carboxylic acids is 2. The summed E-state index contributed by atoms with van der Waals surface area (Å²) in [6.07, 6.45) is -2.41.